The second-order valence-electron chi connectivity index (χ2n) is 8.20. The van der Waals surface area contributed by atoms with Crippen molar-refractivity contribution in [3.05, 3.63) is 80.7 Å². The summed E-state index contributed by atoms with van der Waals surface area (Å²) in [5, 5.41) is 1.33. The fourth-order valence-electron chi connectivity index (χ4n) is 4.45. The van der Waals surface area contributed by atoms with Gasteiger partial charge in [-0.15, -0.1) is 11.3 Å². The fraction of sp³-hybridized carbons (Fsp3) is 0.269. The van der Waals surface area contributed by atoms with Gasteiger partial charge in [0.05, 0.1) is 19.4 Å². The highest BCUT2D eigenvalue weighted by Gasteiger charge is 2.33. The van der Waals surface area contributed by atoms with Gasteiger partial charge in [-0.3, -0.25) is 19.5 Å². The van der Waals surface area contributed by atoms with E-state index in [1.54, 1.807) is 47.6 Å². The van der Waals surface area contributed by atoms with Crippen molar-refractivity contribution in [2.24, 2.45) is 4.99 Å². The predicted octanol–water partition coefficient (Wildman–Crippen LogP) is 5.36. The van der Waals surface area contributed by atoms with Gasteiger partial charge >= 0.3 is 0 Å². The number of benzene rings is 2. The van der Waals surface area contributed by atoms with Gasteiger partial charge in [0.15, 0.2) is 5.78 Å². The van der Waals surface area contributed by atoms with Gasteiger partial charge in [-0.2, -0.15) is 0 Å². The molecule has 33 heavy (non-hydrogen) atoms. The van der Waals surface area contributed by atoms with Gasteiger partial charge in [-0.1, -0.05) is 23.7 Å². The number of halogens is 1. The number of thiophene rings is 1. The number of rotatable bonds is 5. The Morgan fingerprint density at radius 1 is 1.15 bits per heavy atom. The summed E-state index contributed by atoms with van der Waals surface area (Å²) >= 11 is 7.72. The van der Waals surface area contributed by atoms with Gasteiger partial charge in [0.1, 0.15) is 17.3 Å². The molecule has 0 saturated carbocycles. The molecule has 0 spiro atoms. The Bertz CT molecular complexity index is 1260. The van der Waals surface area contributed by atoms with E-state index in [-0.39, 0.29) is 24.8 Å². The average Bonchev–Trinajstić information content (AvgIpc) is 3.15. The molecule has 0 fully saturated rings. The number of fused-ring (bicyclic) bond motifs is 3. The quantitative estimate of drug-likeness (QED) is 0.464. The number of carbonyl (C=O) groups is 2. The zero-order valence-corrected chi connectivity index (χ0v) is 19.8. The van der Waals surface area contributed by atoms with Gasteiger partial charge in [0, 0.05) is 26.6 Å². The third kappa shape index (κ3) is 4.21. The molecule has 5 rings (SSSR count). The van der Waals surface area contributed by atoms with E-state index in [0.29, 0.717) is 10.6 Å². The number of anilines is 1. The molecular weight excluding hydrogens is 456 g/mol. The minimum absolute atomic E-state index is 0.000359. The summed E-state index contributed by atoms with van der Waals surface area (Å²) in [4.78, 5) is 34.0. The minimum Gasteiger partial charge on any atom is -0.497 e. The van der Waals surface area contributed by atoms with E-state index >= 15 is 0 Å². The van der Waals surface area contributed by atoms with Crippen LogP contribution in [-0.2, 0) is 17.6 Å². The number of methoxy groups -OCH3 is 1. The molecule has 168 valence electrons. The first-order valence-corrected chi connectivity index (χ1v) is 12.2. The Labute approximate surface area is 201 Å². The molecule has 0 saturated heterocycles. The van der Waals surface area contributed by atoms with Gasteiger partial charge in [-0.05, 0) is 67.6 Å². The van der Waals surface area contributed by atoms with Crippen LogP contribution >= 0.6 is 22.9 Å². The lowest BCUT2D eigenvalue weighted by Gasteiger charge is -2.20. The van der Waals surface area contributed by atoms with Crippen LogP contribution in [0.5, 0.6) is 5.75 Å². The first-order valence-electron chi connectivity index (χ1n) is 11.0. The van der Waals surface area contributed by atoms with Gasteiger partial charge in [0.2, 0.25) is 5.91 Å². The molecule has 1 aliphatic carbocycles. The number of aliphatic imine (C=N–C) groups is 1. The predicted molar refractivity (Wildman–Crippen MR) is 133 cm³/mol. The highest BCUT2D eigenvalue weighted by molar-refractivity contribution is 7.17. The summed E-state index contributed by atoms with van der Waals surface area (Å²) in [5.74, 6) is 0.454. The minimum atomic E-state index is -0.172. The molecule has 2 aromatic carbocycles. The van der Waals surface area contributed by atoms with Crippen molar-refractivity contribution in [2.45, 2.75) is 25.7 Å². The number of hydrogen-bond acceptors (Lipinski definition) is 5. The van der Waals surface area contributed by atoms with E-state index < -0.39 is 0 Å². The maximum absolute atomic E-state index is 13.2. The molecule has 0 atom stereocenters. The molecule has 1 aliphatic heterocycles. The van der Waals surface area contributed by atoms with Crippen molar-refractivity contribution in [3.63, 3.8) is 0 Å². The lowest BCUT2D eigenvalue weighted by Crippen LogP contribution is -2.36. The maximum Gasteiger partial charge on any atom is 0.249 e. The van der Waals surface area contributed by atoms with Crippen LogP contribution in [0.3, 0.4) is 0 Å². The largest absolute Gasteiger partial charge is 0.497 e. The Hall–Kier alpha value is -2.96. The summed E-state index contributed by atoms with van der Waals surface area (Å²) in [5.41, 5.74) is 4.53. The summed E-state index contributed by atoms with van der Waals surface area (Å²) in [6.07, 6.45) is 4.20. The van der Waals surface area contributed by atoms with E-state index in [1.165, 1.54) is 10.4 Å². The van der Waals surface area contributed by atoms with Gasteiger partial charge in [0.25, 0.3) is 0 Å². The summed E-state index contributed by atoms with van der Waals surface area (Å²) in [7, 11) is 1.64. The number of amides is 1. The summed E-state index contributed by atoms with van der Waals surface area (Å²) < 4.78 is 5.31. The van der Waals surface area contributed by atoms with Gasteiger partial charge in [-0.25, -0.2) is 0 Å². The zero-order chi connectivity index (χ0) is 22.9. The Kier molecular flexibility index (Phi) is 6.04. The number of aryl methyl sites for hydroxylation is 1. The molecular formula is C26H23ClN2O3S. The third-order valence-corrected chi connectivity index (χ3v) is 7.67. The van der Waals surface area contributed by atoms with Crippen molar-refractivity contribution in [1.82, 2.24) is 0 Å². The fourth-order valence-corrected chi connectivity index (χ4v) is 6.05. The van der Waals surface area contributed by atoms with Crippen LogP contribution in [0.2, 0.25) is 5.02 Å². The first kappa shape index (κ1) is 21.9. The average molecular weight is 479 g/mol. The molecule has 0 radical (unpaired) electrons. The zero-order valence-electron chi connectivity index (χ0n) is 18.3. The SMILES string of the molecule is COc1ccc(C2=NCC(=O)N(CC(=O)c3cccc(Cl)c3)c3sc4c(c32)CCCC4)cc1. The molecule has 0 unspecified atom stereocenters. The van der Waals surface area contributed by atoms with Crippen LogP contribution in [0.15, 0.2) is 53.5 Å². The van der Waals surface area contributed by atoms with Crippen LogP contribution in [0.1, 0.15) is 44.8 Å². The van der Waals surface area contributed by atoms with E-state index in [2.05, 4.69) is 0 Å². The number of nitrogens with zero attached hydrogens (tertiary/aromatic N) is 2. The molecule has 5 nitrogen and oxygen atoms in total. The Morgan fingerprint density at radius 3 is 2.70 bits per heavy atom. The molecule has 2 aliphatic rings. The second-order valence-corrected chi connectivity index (χ2v) is 9.72. The van der Waals surface area contributed by atoms with E-state index in [9.17, 15) is 9.59 Å². The number of hydrogen-bond donors (Lipinski definition) is 0. The van der Waals surface area contributed by atoms with Crippen LogP contribution in [0.25, 0.3) is 0 Å². The Balaban J connectivity index is 1.59. The smallest absolute Gasteiger partial charge is 0.249 e. The molecule has 1 amide bonds. The van der Waals surface area contributed by atoms with Crippen LogP contribution in [0, 0.1) is 0 Å². The first-order chi connectivity index (χ1) is 16.0. The van der Waals surface area contributed by atoms with Crippen molar-refractivity contribution < 1.29 is 14.3 Å². The lowest BCUT2D eigenvalue weighted by atomic mass is 9.91. The van der Waals surface area contributed by atoms with Crippen LogP contribution in [0.4, 0.5) is 5.00 Å². The van der Waals surface area contributed by atoms with E-state index in [0.717, 1.165) is 53.3 Å². The van der Waals surface area contributed by atoms with Crippen LogP contribution < -0.4 is 9.64 Å². The van der Waals surface area contributed by atoms with Crippen molar-refractivity contribution in [1.29, 1.82) is 0 Å². The standard InChI is InChI=1S/C26H23ClN2O3S/c1-32-19-11-9-16(10-12-19)25-24-20-7-2-3-8-22(20)33-26(24)29(23(31)14-28-25)15-21(30)17-5-4-6-18(27)13-17/h4-6,9-13H,2-3,7-8,14-15H2,1H3. The van der Waals surface area contributed by atoms with Crippen molar-refractivity contribution >= 4 is 45.3 Å². The normalized spacial score (nSPS) is 15.4. The number of ether oxygens (including phenoxy) is 1. The summed E-state index contributed by atoms with van der Waals surface area (Å²) in [6.45, 7) is -0.0304. The monoisotopic (exact) mass is 478 g/mol. The summed E-state index contributed by atoms with van der Waals surface area (Å²) in [6, 6.07) is 14.6. The van der Waals surface area contributed by atoms with E-state index in [1.807, 2.05) is 24.3 Å². The molecule has 2 heterocycles. The number of ketones is 1. The van der Waals surface area contributed by atoms with E-state index in [4.69, 9.17) is 21.3 Å². The lowest BCUT2D eigenvalue weighted by molar-refractivity contribution is -0.117. The van der Waals surface area contributed by atoms with Crippen molar-refractivity contribution in [2.75, 3.05) is 25.1 Å². The van der Waals surface area contributed by atoms with Gasteiger partial charge < -0.3 is 4.74 Å². The molecule has 3 aromatic rings. The highest BCUT2D eigenvalue weighted by atomic mass is 35.5. The Morgan fingerprint density at radius 2 is 1.94 bits per heavy atom. The number of carbonyl (C=O) groups excluding carboxylic acids is 2. The topological polar surface area (TPSA) is 59.0 Å². The number of Topliss-reactive ketones (excluding diaryl/α,β-unsaturated/α-hetero) is 1. The maximum atomic E-state index is 13.2. The molecule has 1 aromatic heterocycles. The highest BCUT2D eigenvalue weighted by Crippen LogP contribution is 2.42. The molecule has 0 N–H and O–H groups in total. The third-order valence-electron chi connectivity index (χ3n) is 6.12. The molecule has 7 heteroatoms. The second kappa shape index (κ2) is 9.12. The van der Waals surface area contributed by atoms with Crippen molar-refractivity contribution in [3.8, 4) is 5.75 Å². The van der Waals surface area contributed by atoms with Crippen LogP contribution in [-0.4, -0.2) is 37.6 Å². The molecule has 0 bridgehead atoms.